The first-order valence-corrected chi connectivity index (χ1v) is 6.68. The van der Waals surface area contributed by atoms with Gasteiger partial charge >= 0.3 is 5.97 Å². The molecule has 0 bridgehead atoms. The highest BCUT2D eigenvalue weighted by Gasteiger charge is 2.37. The summed E-state index contributed by atoms with van der Waals surface area (Å²) < 4.78 is 10.7. The molecule has 0 spiro atoms. The van der Waals surface area contributed by atoms with E-state index in [1.807, 2.05) is 26.0 Å². The highest BCUT2D eigenvalue weighted by atomic mass is 16.6. The maximum absolute atomic E-state index is 12.1. The zero-order valence-electron chi connectivity index (χ0n) is 11.8. The van der Waals surface area contributed by atoms with Gasteiger partial charge in [-0.15, -0.1) is 0 Å². The maximum Gasteiger partial charge on any atom is 0.344 e. The molecule has 0 saturated heterocycles. The minimum absolute atomic E-state index is 0.383. The second-order valence-corrected chi connectivity index (χ2v) is 5.74. The average Bonchev–Trinajstić information content (AvgIpc) is 2.81. The first-order chi connectivity index (χ1) is 9.98. The number of nitrogens with zero attached hydrogens (tertiary/aromatic N) is 2. The zero-order valence-corrected chi connectivity index (χ0v) is 11.8. The molecule has 0 amide bonds. The Morgan fingerprint density at radius 2 is 2.05 bits per heavy atom. The first-order valence-electron chi connectivity index (χ1n) is 6.68. The molecule has 1 aromatic heterocycles. The van der Waals surface area contributed by atoms with Gasteiger partial charge in [0, 0.05) is 12.8 Å². The quantitative estimate of drug-likeness (QED) is 0.791. The van der Waals surface area contributed by atoms with Crippen molar-refractivity contribution in [1.82, 2.24) is 5.16 Å². The van der Waals surface area contributed by atoms with E-state index in [1.54, 1.807) is 12.1 Å². The van der Waals surface area contributed by atoms with Crippen LogP contribution >= 0.6 is 0 Å². The van der Waals surface area contributed by atoms with Gasteiger partial charge in [0.2, 0.25) is 0 Å². The topological polar surface area (TPSA) is 76.1 Å². The van der Waals surface area contributed by atoms with Crippen molar-refractivity contribution >= 4 is 5.97 Å². The lowest BCUT2D eigenvalue weighted by Crippen LogP contribution is -2.36. The fraction of sp³-hybridized carbons (Fsp3) is 0.312. The Labute approximate surface area is 122 Å². The Morgan fingerprint density at radius 3 is 2.71 bits per heavy atom. The number of rotatable bonds is 2. The summed E-state index contributed by atoms with van der Waals surface area (Å²) in [5.74, 6) is 0.126. The van der Waals surface area contributed by atoms with Gasteiger partial charge in [0.15, 0.2) is 5.76 Å². The second kappa shape index (κ2) is 4.74. The number of aromatic nitrogens is 1. The van der Waals surface area contributed by atoms with E-state index in [9.17, 15) is 4.79 Å². The van der Waals surface area contributed by atoms with Crippen molar-refractivity contribution in [3.8, 4) is 6.07 Å². The van der Waals surface area contributed by atoms with Crippen LogP contribution in [0.15, 0.2) is 28.8 Å². The molecule has 5 nitrogen and oxygen atoms in total. The van der Waals surface area contributed by atoms with Crippen LogP contribution in [0, 0.1) is 11.3 Å². The molecule has 0 N–H and O–H groups in total. The largest absolute Gasteiger partial charge is 0.456 e. The van der Waals surface area contributed by atoms with Crippen LogP contribution in [0.1, 0.15) is 46.8 Å². The molecule has 0 saturated carbocycles. The van der Waals surface area contributed by atoms with E-state index in [2.05, 4.69) is 11.2 Å². The SMILES string of the molecule is CC1(C)Cc2noc(Cc3ccc(C#N)cc3)c2C(=O)O1. The van der Waals surface area contributed by atoms with Gasteiger partial charge < -0.3 is 9.26 Å². The van der Waals surface area contributed by atoms with Crippen LogP contribution in [0.2, 0.25) is 0 Å². The van der Waals surface area contributed by atoms with Gasteiger partial charge in [-0.25, -0.2) is 4.79 Å². The third-order valence-corrected chi connectivity index (χ3v) is 3.45. The predicted molar refractivity (Wildman–Crippen MR) is 73.7 cm³/mol. The molecular formula is C16H14N2O3. The summed E-state index contributed by atoms with van der Waals surface area (Å²) in [5, 5.41) is 12.8. The van der Waals surface area contributed by atoms with Crippen LogP contribution in [0.5, 0.6) is 0 Å². The van der Waals surface area contributed by atoms with Crippen molar-refractivity contribution in [3.63, 3.8) is 0 Å². The van der Waals surface area contributed by atoms with Crippen molar-refractivity contribution < 1.29 is 14.1 Å². The lowest BCUT2D eigenvalue weighted by atomic mass is 9.94. The Morgan fingerprint density at radius 1 is 1.33 bits per heavy atom. The van der Waals surface area contributed by atoms with Gasteiger partial charge in [0.1, 0.15) is 16.9 Å². The molecule has 1 aliphatic rings. The van der Waals surface area contributed by atoms with E-state index in [4.69, 9.17) is 14.5 Å². The van der Waals surface area contributed by atoms with E-state index < -0.39 is 5.60 Å². The van der Waals surface area contributed by atoms with E-state index in [0.717, 1.165) is 5.56 Å². The van der Waals surface area contributed by atoms with E-state index in [0.29, 0.717) is 35.4 Å². The van der Waals surface area contributed by atoms with E-state index >= 15 is 0 Å². The van der Waals surface area contributed by atoms with E-state index in [-0.39, 0.29) is 5.97 Å². The van der Waals surface area contributed by atoms with Crippen LogP contribution in [-0.4, -0.2) is 16.7 Å². The summed E-state index contributed by atoms with van der Waals surface area (Å²) in [5.41, 5.74) is 2.09. The molecule has 1 aliphatic heterocycles. The lowest BCUT2D eigenvalue weighted by Gasteiger charge is -2.28. The van der Waals surface area contributed by atoms with Crippen molar-refractivity contribution in [2.24, 2.45) is 0 Å². The standard InChI is InChI=1S/C16H14N2O3/c1-16(2)8-12-14(15(19)20-16)13(21-18-12)7-10-3-5-11(9-17)6-4-10/h3-6H,7-8H2,1-2H3. The molecule has 1 aromatic carbocycles. The highest BCUT2D eigenvalue weighted by Crippen LogP contribution is 2.30. The summed E-state index contributed by atoms with van der Waals surface area (Å²) >= 11 is 0. The Bertz CT molecular complexity index is 736. The number of cyclic esters (lactones) is 1. The molecule has 21 heavy (non-hydrogen) atoms. The minimum Gasteiger partial charge on any atom is -0.456 e. The number of fused-ring (bicyclic) bond motifs is 1. The molecule has 2 heterocycles. The van der Waals surface area contributed by atoms with Crippen LogP contribution in [0.4, 0.5) is 0 Å². The lowest BCUT2D eigenvalue weighted by molar-refractivity contribution is -0.00699. The molecule has 0 unspecified atom stereocenters. The molecule has 106 valence electrons. The van der Waals surface area contributed by atoms with Crippen LogP contribution in [0.3, 0.4) is 0 Å². The molecule has 3 rings (SSSR count). The van der Waals surface area contributed by atoms with Gasteiger partial charge in [-0.1, -0.05) is 17.3 Å². The summed E-state index contributed by atoms with van der Waals surface area (Å²) in [6.07, 6.45) is 0.995. The fourth-order valence-electron chi connectivity index (χ4n) is 2.46. The van der Waals surface area contributed by atoms with Crippen molar-refractivity contribution in [3.05, 3.63) is 52.4 Å². The summed E-state index contributed by atoms with van der Waals surface area (Å²) in [6.45, 7) is 3.70. The smallest absolute Gasteiger partial charge is 0.344 e. The van der Waals surface area contributed by atoms with Crippen molar-refractivity contribution in [1.29, 1.82) is 5.26 Å². The third kappa shape index (κ3) is 2.52. The molecule has 0 aliphatic carbocycles. The van der Waals surface area contributed by atoms with Gasteiger partial charge in [-0.05, 0) is 31.5 Å². The monoisotopic (exact) mass is 282 g/mol. The predicted octanol–water partition coefficient (Wildman–Crippen LogP) is 2.63. The number of carbonyl (C=O) groups is 1. The van der Waals surface area contributed by atoms with Crippen LogP contribution in [0.25, 0.3) is 0 Å². The molecule has 5 heteroatoms. The number of carbonyl (C=O) groups excluding carboxylic acids is 1. The van der Waals surface area contributed by atoms with Crippen LogP contribution in [-0.2, 0) is 17.6 Å². The summed E-state index contributed by atoms with van der Waals surface area (Å²) in [4.78, 5) is 12.1. The van der Waals surface area contributed by atoms with Gasteiger partial charge in [-0.2, -0.15) is 5.26 Å². The number of esters is 1. The Hall–Kier alpha value is -2.61. The normalized spacial score (nSPS) is 16.0. The molecule has 2 aromatic rings. The van der Waals surface area contributed by atoms with Gasteiger partial charge in [-0.3, -0.25) is 0 Å². The number of benzene rings is 1. The molecular weight excluding hydrogens is 268 g/mol. The van der Waals surface area contributed by atoms with Gasteiger partial charge in [0.05, 0.1) is 11.6 Å². The fourth-order valence-corrected chi connectivity index (χ4v) is 2.46. The van der Waals surface area contributed by atoms with Crippen molar-refractivity contribution in [2.75, 3.05) is 0 Å². The zero-order chi connectivity index (χ0) is 15.0. The maximum atomic E-state index is 12.1. The average molecular weight is 282 g/mol. The number of hydrogen-bond donors (Lipinski definition) is 0. The van der Waals surface area contributed by atoms with E-state index in [1.165, 1.54) is 0 Å². The molecule has 0 fully saturated rings. The molecule has 0 atom stereocenters. The number of ether oxygens (including phenoxy) is 1. The summed E-state index contributed by atoms with van der Waals surface area (Å²) in [7, 11) is 0. The third-order valence-electron chi connectivity index (χ3n) is 3.45. The summed E-state index contributed by atoms with van der Waals surface area (Å²) in [6, 6.07) is 9.22. The molecule has 0 radical (unpaired) electrons. The Kier molecular flexibility index (Phi) is 3.02. The van der Waals surface area contributed by atoms with Crippen molar-refractivity contribution in [2.45, 2.75) is 32.3 Å². The van der Waals surface area contributed by atoms with Gasteiger partial charge in [0.25, 0.3) is 0 Å². The highest BCUT2D eigenvalue weighted by molar-refractivity contribution is 5.93. The number of hydrogen-bond acceptors (Lipinski definition) is 5. The first kappa shape index (κ1) is 13.4. The van der Waals surface area contributed by atoms with Crippen LogP contribution < -0.4 is 0 Å². The second-order valence-electron chi connectivity index (χ2n) is 5.74. The Balaban J connectivity index is 1.90. The number of nitriles is 1. The minimum atomic E-state index is -0.549.